The number of rotatable bonds is 4. The van der Waals surface area contributed by atoms with Crippen molar-refractivity contribution < 1.29 is 14.0 Å². The van der Waals surface area contributed by atoms with Crippen LogP contribution in [0.2, 0.25) is 0 Å². The third-order valence-electron chi connectivity index (χ3n) is 2.29. The van der Waals surface area contributed by atoms with Crippen molar-refractivity contribution in [1.82, 2.24) is 5.32 Å². The molecular formula is C13H18FN3O2. The SMILES string of the molecule is CC(C)(C)NCC(=O)Nc1ccc(F)c(C(N)=O)c1. The van der Waals surface area contributed by atoms with E-state index in [1.54, 1.807) is 0 Å². The number of anilines is 1. The topological polar surface area (TPSA) is 84.2 Å². The minimum atomic E-state index is -0.874. The molecule has 104 valence electrons. The van der Waals surface area contributed by atoms with E-state index in [9.17, 15) is 14.0 Å². The Bertz CT molecular complexity index is 495. The largest absolute Gasteiger partial charge is 0.366 e. The van der Waals surface area contributed by atoms with Crippen LogP contribution in [0.5, 0.6) is 0 Å². The summed E-state index contributed by atoms with van der Waals surface area (Å²) in [5.41, 5.74) is 4.93. The number of primary amides is 1. The summed E-state index contributed by atoms with van der Waals surface area (Å²) in [6.45, 7) is 5.92. The van der Waals surface area contributed by atoms with Gasteiger partial charge in [0, 0.05) is 11.2 Å². The number of nitrogens with two attached hydrogens (primary N) is 1. The van der Waals surface area contributed by atoms with E-state index in [1.165, 1.54) is 12.1 Å². The van der Waals surface area contributed by atoms with Gasteiger partial charge in [0.2, 0.25) is 5.91 Å². The third kappa shape index (κ3) is 5.05. The highest BCUT2D eigenvalue weighted by Gasteiger charge is 2.13. The lowest BCUT2D eigenvalue weighted by Gasteiger charge is -2.20. The van der Waals surface area contributed by atoms with Crippen molar-refractivity contribution in [2.24, 2.45) is 5.73 Å². The van der Waals surface area contributed by atoms with Crippen molar-refractivity contribution in [3.63, 3.8) is 0 Å². The fourth-order valence-corrected chi connectivity index (χ4v) is 1.34. The monoisotopic (exact) mass is 267 g/mol. The molecule has 0 aromatic heterocycles. The molecule has 0 unspecified atom stereocenters. The summed E-state index contributed by atoms with van der Waals surface area (Å²) in [5, 5.41) is 5.57. The van der Waals surface area contributed by atoms with Gasteiger partial charge in [-0.1, -0.05) is 0 Å². The Labute approximate surface area is 111 Å². The molecule has 1 aromatic carbocycles. The molecule has 0 aliphatic heterocycles. The number of carbonyl (C=O) groups excluding carboxylic acids is 2. The molecule has 1 aromatic rings. The third-order valence-corrected chi connectivity index (χ3v) is 2.29. The molecule has 0 saturated heterocycles. The van der Waals surface area contributed by atoms with Crippen LogP contribution in [0.1, 0.15) is 31.1 Å². The normalized spacial score (nSPS) is 11.2. The van der Waals surface area contributed by atoms with Crippen molar-refractivity contribution in [3.8, 4) is 0 Å². The molecule has 1 rings (SSSR count). The number of nitrogens with one attached hydrogen (secondary N) is 2. The highest BCUT2D eigenvalue weighted by Crippen LogP contribution is 2.14. The van der Waals surface area contributed by atoms with E-state index in [-0.39, 0.29) is 23.6 Å². The molecule has 5 nitrogen and oxygen atoms in total. The van der Waals surface area contributed by atoms with Gasteiger partial charge in [0.05, 0.1) is 12.1 Å². The number of amides is 2. The standard InChI is InChI=1S/C13H18FN3O2/c1-13(2,3)16-7-11(18)17-8-4-5-10(14)9(6-8)12(15)19/h4-6,16H,7H2,1-3H3,(H2,15,19)(H,17,18). The quantitative estimate of drug-likeness (QED) is 0.767. The minimum absolute atomic E-state index is 0.118. The van der Waals surface area contributed by atoms with E-state index >= 15 is 0 Å². The number of hydrogen-bond acceptors (Lipinski definition) is 3. The van der Waals surface area contributed by atoms with Gasteiger partial charge in [-0.05, 0) is 39.0 Å². The molecule has 0 spiro atoms. The first-order valence-corrected chi connectivity index (χ1v) is 5.83. The van der Waals surface area contributed by atoms with Gasteiger partial charge in [0.25, 0.3) is 5.91 Å². The predicted molar refractivity (Wildman–Crippen MR) is 71.3 cm³/mol. The van der Waals surface area contributed by atoms with Crippen LogP contribution in [0.3, 0.4) is 0 Å². The van der Waals surface area contributed by atoms with Crippen LogP contribution in [0.4, 0.5) is 10.1 Å². The molecule has 0 aliphatic rings. The van der Waals surface area contributed by atoms with Crippen LogP contribution in [0.25, 0.3) is 0 Å². The average Bonchev–Trinajstić information content (AvgIpc) is 2.28. The van der Waals surface area contributed by atoms with Gasteiger partial charge in [-0.25, -0.2) is 4.39 Å². The lowest BCUT2D eigenvalue weighted by Crippen LogP contribution is -2.41. The molecule has 0 saturated carbocycles. The van der Waals surface area contributed by atoms with Crippen molar-refractivity contribution in [2.75, 3.05) is 11.9 Å². The Morgan fingerprint density at radius 2 is 1.95 bits per heavy atom. The Hall–Kier alpha value is -1.95. The summed E-state index contributed by atoms with van der Waals surface area (Å²) in [7, 11) is 0. The number of benzene rings is 1. The molecule has 19 heavy (non-hydrogen) atoms. The first-order valence-electron chi connectivity index (χ1n) is 5.83. The number of halogens is 1. The number of hydrogen-bond donors (Lipinski definition) is 3. The Morgan fingerprint density at radius 1 is 1.32 bits per heavy atom. The highest BCUT2D eigenvalue weighted by atomic mass is 19.1. The van der Waals surface area contributed by atoms with E-state index in [1.807, 2.05) is 20.8 Å². The van der Waals surface area contributed by atoms with Crippen LogP contribution in [0, 0.1) is 5.82 Å². The molecule has 0 radical (unpaired) electrons. The van der Waals surface area contributed by atoms with Crippen LogP contribution >= 0.6 is 0 Å². The Morgan fingerprint density at radius 3 is 2.47 bits per heavy atom. The molecule has 0 bridgehead atoms. The highest BCUT2D eigenvalue weighted by molar-refractivity contribution is 5.97. The fraction of sp³-hybridized carbons (Fsp3) is 0.385. The molecule has 0 atom stereocenters. The van der Waals surface area contributed by atoms with Crippen LogP contribution in [-0.4, -0.2) is 23.9 Å². The number of carbonyl (C=O) groups is 2. The Balaban J connectivity index is 2.70. The van der Waals surface area contributed by atoms with Gasteiger partial charge in [0.15, 0.2) is 0 Å². The maximum absolute atomic E-state index is 13.2. The minimum Gasteiger partial charge on any atom is -0.366 e. The average molecular weight is 267 g/mol. The van der Waals surface area contributed by atoms with Crippen LogP contribution in [0.15, 0.2) is 18.2 Å². The van der Waals surface area contributed by atoms with E-state index in [0.717, 1.165) is 6.07 Å². The lowest BCUT2D eigenvalue weighted by atomic mass is 10.1. The van der Waals surface area contributed by atoms with Gasteiger partial charge in [-0.2, -0.15) is 0 Å². The zero-order chi connectivity index (χ0) is 14.6. The smallest absolute Gasteiger partial charge is 0.251 e. The van der Waals surface area contributed by atoms with Gasteiger partial charge in [0.1, 0.15) is 5.82 Å². The molecular weight excluding hydrogens is 249 g/mol. The van der Waals surface area contributed by atoms with Crippen molar-refractivity contribution in [1.29, 1.82) is 0 Å². The van der Waals surface area contributed by atoms with E-state index in [0.29, 0.717) is 5.69 Å². The molecule has 0 heterocycles. The second-order valence-corrected chi connectivity index (χ2v) is 5.21. The second-order valence-electron chi connectivity index (χ2n) is 5.21. The van der Waals surface area contributed by atoms with E-state index < -0.39 is 11.7 Å². The zero-order valence-corrected chi connectivity index (χ0v) is 11.2. The summed E-state index contributed by atoms with van der Waals surface area (Å²) < 4.78 is 13.2. The molecule has 4 N–H and O–H groups in total. The predicted octanol–water partition coefficient (Wildman–Crippen LogP) is 1.25. The van der Waals surface area contributed by atoms with Crippen molar-refractivity contribution >= 4 is 17.5 Å². The summed E-state index contributed by atoms with van der Waals surface area (Å²) in [5.74, 6) is -1.86. The van der Waals surface area contributed by atoms with Crippen LogP contribution < -0.4 is 16.4 Å². The summed E-state index contributed by atoms with van der Waals surface area (Å²) in [6.07, 6.45) is 0. The summed E-state index contributed by atoms with van der Waals surface area (Å²) in [6, 6.07) is 3.68. The van der Waals surface area contributed by atoms with Crippen molar-refractivity contribution in [3.05, 3.63) is 29.6 Å². The zero-order valence-electron chi connectivity index (χ0n) is 11.2. The molecule has 0 fully saturated rings. The fourth-order valence-electron chi connectivity index (χ4n) is 1.34. The molecule has 2 amide bonds. The Kier molecular flexibility index (Phi) is 4.61. The maximum Gasteiger partial charge on any atom is 0.251 e. The lowest BCUT2D eigenvalue weighted by molar-refractivity contribution is -0.115. The van der Waals surface area contributed by atoms with E-state index in [2.05, 4.69) is 10.6 Å². The first kappa shape index (κ1) is 15.1. The summed E-state index contributed by atoms with van der Waals surface area (Å²) >= 11 is 0. The van der Waals surface area contributed by atoms with E-state index in [4.69, 9.17) is 5.73 Å². The molecule has 0 aliphatic carbocycles. The van der Waals surface area contributed by atoms with Gasteiger partial charge >= 0.3 is 0 Å². The first-order chi connectivity index (χ1) is 8.69. The van der Waals surface area contributed by atoms with Crippen molar-refractivity contribution in [2.45, 2.75) is 26.3 Å². The molecule has 6 heteroatoms. The summed E-state index contributed by atoms with van der Waals surface area (Å²) in [4.78, 5) is 22.6. The van der Waals surface area contributed by atoms with Crippen LogP contribution in [-0.2, 0) is 4.79 Å². The maximum atomic E-state index is 13.2. The van der Waals surface area contributed by atoms with Gasteiger partial charge in [-0.3, -0.25) is 9.59 Å². The van der Waals surface area contributed by atoms with Gasteiger partial charge < -0.3 is 16.4 Å². The second kappa shape index (κ2) is 5.79. The van der Waals surface area contributed by atoms with Gasteiger partial charge in [-0.15, -0.1) is 0 Å².